The van der Waals surface area contributed by atoms with E-state index in [4.69, 9.17) is 11.6 Å². The third-order valence-corrected chi connectivity index (χ3v) is 6.90. The summed E-state index contributed by atoms with van der Waals surface area (Å²) in [6.07, 6.45) is 6.81. The SMILES string of the molecule is Cn1nc(-c2ccc(Cl)s2)cc1NC(=O)C(=O)N1CCCC1C1CCCC1. The van der Waals surface area contributed by atoms with Crippen molar-refractivity contribution in [2.45, 2.75) is 44.6 Å². The highest BCUT2D eigenvalue weighted by molar-refractivity contribution is 7.19. The lowest BCUT2D eigenvalue weighted by molar-refractivity contribution is -0.144. The Bertz CT molecular complexity index is 856. The second-order valence-corrected chi connectivity index (χ2v) is 9.06. The molecule has 0 spiro atoms. The number of aryl methyl sites for hydroxylation is 1. The van der Waals surface area contributed by atoms with Crippen LogP contribution >= 0.6 is 22.9 Å². The molecule has 6 nitrogen and oxygen atoms in total. The van der Waals surface area contributed by atoms with Crippen molar-refractivity contribution in [2.75, 3.05) is 11.9 Å². The molecule has 1 saturated carbocycles. The maximum atomic E-state index is 12.8. The van der Waals surface area contributed by atoms with Crippen LogP contribution in [0.15, 0.2) is 18.2 Å². The van der Waals surface area contributed by atoms with Gasteiger partial charge in [-0.3, -0.25) is 14.3 Å². The van der Waals surface area contributed by atoms with Crippen molar-refractivity contribution in [2.24, 2.45) is 13.0 Å². The number of carbonyl (C=O) groups is 2. The van der Waals surface area contributed by atoms with Gasteiger partial charge in [-0.1, -0.05) is 24.4 Å². The molecule has 3 heterocycles. The Morgan fingerprint density at radius 1 is 1.22 bits per heavy atom. The van der Waals surface area contributed by atoms with Gasteiger partial charge in [0, 0.05) is 25.7 Å². The van der Waals surface area contributed by atoms with Crippen LogP contribution in [0.4, 0.5) is 5.82 Å². The molecule has 1 saturated heterocycles. The van der Waals surface area contributed by atoms with Gasteiger partial charge < -0.3 is 10.2 Å². The summed E-state index contributed by atoms with van der Waals surface area (Å²) < 4.78 is 2.26. The number of amides is 2. The highest BCUT2D eigenvalue weighted by Crippen LogP contribution is 2.35. The van der Waals surface area contributed by atoms with E-state index in [1.54, 1.807) is 22.7 Å². The number of halogens is 1. The number of thiophene rings is 1. The summed E-state index contributed by atoms with van der Waals surface area (Å²) in [5, 5.41) is 7.15. The quantitative estimate of drug-likeness (QED) is 0.785. The van der Waals surface area contributed by atoms with Gasteiger partial charge in [-0.05, 0) is 43.7 Å². The van der Waals surface area contributed by atoms with Crippen LogP contribution in [0, 0.1) is 5.92 Å². The van der Waals surface area contributed by atoms with Crippen LogP contribution in [0.1, 0.15) is 38.5 Å². The zero-order chi connectivity index (χ0) is 19.0. The minimum Gasteiger partial charge on any atom is -0.331 e. The van der Waals surface area contributed by atoms with Crippen LogP contribution in [0.2, 0.25) is 4.34 Å². The van der Waals surface area contributed by atoms with Crippen molar-refractivity contribution >= 4 is 40.6 Å². The van der Waals surface area contributed by atoms with E-state index < -0.39 is 11.8 Å². The topological polar surface area (TPSA) is 67.2 Å². The first kappa shape index (κ1) is 18.5. The number of likely N-dealkylation sites (tertiary alicyclic amines) is 1. The van der Waals surface area contributed by atoms with E-state index in [0.29, 0.717) is 22.6 Å². The Labute approximate surface area is 167 Å². The largest absolute Gasteiger partial charge is 0.331 e. The number of rotatable bonds is 3. The van der Waals surface area contributed by atoms with Crippen LogP contribution in [0.5, 0.6) is 0 Å². The van der Waals surface area contributed by atoms with E-state index in [9.17, 15) is 9.59 Å². The van der Waals surface area contributed by atoms with E-state index >= 15 is 0 Å². The number of hydrogen-bond donors (Lipinski definition) is 1. The molecule has 1 N–H and O–H groups in total. The first-order chi connectivity index (χ1) is 13.0. The summed E-state index contributed by atoms with van der Waals surface area (Å²) in [5.74, 6) is 0.0468. The monoisotopic (exact) mass is 406 g/mol. The lowest BCUT2D eigenvalue weighted by Gasteiger charge is -2.28. The Balaban J connectivity index is 1.45. The number of anilines is 1. The molecular weight excluding hydrogens is 384 g/mol. The first-order valence-corrected chi connectivity index (χ1v) is 10.6. The van der Waals surface area contributed by atoms with Gasteiger partial charge in [-0.15, -0.1) is 11.3 Å². The molecule has 0 aromatic carbocycles. The fourth-order valence-corrected chi connectivity index (χ4v) is 5.33. The minimum absolute atomic E-state index is 0.223. The van der Waals surface area contributed by atoms with Crippen molar-refractivity contribution in [3.05, 3.63) is 22.5 Å². The van der Waals surface area contributed by atoms with Crippen LogP contribution in [0.3, 0.4) is 0 Å². The standard InChI is InChI=1S/C19H23ClN4O2S/c1-23-17(11-13(22-23)15-8-9-16(20)27-15)21-18(25)19(26)24-10-4-7-14(24)12-5-2-3-6-12/h8-9,11-12,14H,2-7,10H2,1H3,(H,21,25). The van der Waals surface area contributed by atoms with Crippen LogP contribution in [-0.4, -0.2) is 39.1 Å². The molecular formula is C19H23ClN4O2S. The lowest BCUT2D eigenvalue weighted by atomic mass is 9.96. The summed E-state index contributed by atoms with van der Waals surface area (Å²) in [5.41, 5.74) is 0.724. The second-order valence-electron chi connectivity index (χ2n) is 7.35. The van der Waals surface area contributed by atoms with Crippen molar-refractivity contribution in [1.29, 1.82) is 0 Å². The Morgan fingerprint density at radius 3 is 2.70 bits per heavy atom. The van der Waals surface area contributed by atoms with E-state index in [1.165, 1.54) is 37.0 Å². The summed E-state index contributed by atoms with van der Waals surface area (Å²) in [6, 6.07) is 5.70. The molecule has 2 aliphatic rings. The highest BCUT2D eigenvalue weighted by Gasteiger charge is 2.38. The number of hydrogen-bond acceptors (Lipinski definition) is 4. The normalized spacial score (nSPS) is 20.4. The molecule has 27 heavy (non-hydrogen) atoms. The molecule has 144 valence electrons. The average molecular weight is 407 g/mol. The van der Waals surface area contributed by atoms with Gasteiger partial charge in [-0.25, -0.2) is 0 Å². The molecule has 2 amide bonds. The van der Waals surface area contributed by atoms with Crippen molar-refractivity contribution in [1.82, 2.24) is 14.7 Å². The van der Waals surface area contributed by atoms with Crippen molar-refractivity contribution in [3.8, 4) is 10.6 Å². The molecule has 2 aromatic rings. The van der Waals surface area contributed by atoms with E-state index in [-0.39, 0.29) is 6.04 Å². The number of aromatic nitrogens is 2. The highest BCUT2D eigenvalue weighted by atomic mass is 35.5. The third-order valence-electron chi connectivity index (χ3n) is 5.65. The molecule has 1 aliphatic carbocycles. The predicted octanol–water partition coefficient (Wildman–Crippen LogP) is 3.92. The van der Waals surface area contributed by atoms with Crippen LogP contribution < -0.4 is 5.32 Å². The van der Waals surface area contributed by atoms with Crippen LogP contribution in [-0.2, 0) is 16.6 Å². The molecule has 1 aliphatic heterocycles. The molecule has 0 bridgehead atoms. The van der Waals surface area contributed by atoms with Gasteiger partial charge >= 0.3 is 11.8 Å². The first-order valence-electron chi connectivity index (χ1n) is 9.44. The Hall–Kier alpha value is -1.86. The zero-order valence-corrected chi connectivity index (χ0v) is 16.9. The average Bonchev–Trinajstić information content (AvgIpc) is 3.41. The zero-order valence-electron chi connectivity index (χ0n) is 15.3. The van der Waals surface area contributed by atoms with Gasteiger partial charge in [0.05, 0.1) is 9.21 Å². The number of nitrogens with one attached hydrogen (secondary N) is 1. The molecule has 8 heteroatoms. The number of nitrogens with zero attached hydrogens (tertiary/aromatic N) is 3. The second kappa shape index (κ2) is 7.64. The van der Waals surface area contributed by atoms with Gasteiger partial charge in [-0.2, -0.15) is 5.10 Å². The predicted molar refractivity (Wildman–Crippen MR) is 107 cm³/mol. The molecule has 2 aromatic heterocycles. The Morgan fingerprint density at radius 2 is 2.00 bits per heavy atom. The van der Waals surface area contributed by atoms with Gasteiger partial charge in [0.25, 0.3) is 0 Å². The third kappa shape index (κ3) is 3.75. The fraction of sp³-hybridized carbons (Fsp3) is 0.526. The minimum atomic E-state index is -0.585. The fourth-order valence-electron chi connectivity index (χ4n) is 4.33. The summed E-state index contributed by atoms with van der Waals surface area (Å²) in [4.78, 5) is 28.1. The maximum absolute atomic E-state index is 12.8. The Kier molecular flexibility index (Phi) is 5.23. The van der Waals surface area contributed by atoms with Gasteiger partial charge in [0.2, 0.25) is 0 Å². The van der Waals surface area contributed by atoms with E-state index in [0.717, 1.165) is 23.4 Å². The lowest BCUT2D eigenvalue weighted by Crippen LogP contribution is -2.45. The van der Waals surface area contributed by atoms with Crippen molar-refractivity contribution < 1.29 is 9.59 Å². The molecule has 2 fully saturated rings. The summed E-state index contributed by atoms with van der Waals surface area (Å²) in [7, 11) is 1.75. The maximum Gasteiger partial charge on any atom is 0.315 e. The smallest absolute Gasteiger partial charge is 0.315 e. The summed E-state index contributed by atoms with van der Waals surface area (Å²) >= 11 is 7.41. The van der Waals surface area contributed by atoms with E-state index in [2.05, 4.69) is 10.4 Å². The summed E-state index contributed by atoms with van der Waals surface area (Å²) in [6.45, 7) is 0.678. The van der Waals surface area contributed by atoms with E-state index in [1.807, 2.05) is 12.1 Å². The molecule has 4 rings (SSSR count). The van der Waals surface area contributed by atoms with Gasteiger partial charge in [0.1, 0.15) is 11.5 Å². The molecule has 1 unspecified atom stereocenters. The molecule has 0 radical (unpaired) electrons. The van der Waals surface area contributed by atoms with Gasteiger partial charge in [0.15, 0.2) is 0 Å². The van der Waals surface area contributed by atoms with Crippen LogP contribution in [0.25, 0.3) is 10.6 Å². The van der Waals surface area contributed by atoms with Crippen molar-refractivity contribution in [3.63, 3.8) is 0 Å². The molecule has 1 atom stereocenters. The number of carbonyl (C=O) groups excluding carboxylic acids is 2.